The Morgan fingerprint density at radius 1 is 0.964 bits per heavy atom. The van der Waals surface area contributed by atoms with Crippen molar-refractivity contribution in [3.8, 4) is 0 Å². The molecular weight excluding hydrogens is 426 g/mol. The van der Waals surface area contributed by atoms with Crippen LogP contribution < -0.4 is 5.32 Å². The summed E-state index contributed by atoms with van der Waals surface area (Å²) in [6.07, 6.45) is 5.92. The Hall–Kier alpha value is -1.97. The monoisotopic (exact) mass is 447 g/mol. The normalized spacial score (nSPS) is 22.4. The van der Waals surface area contributed by atoms with Gasteiger partial charge in [0, 0.05) is 26.7 Å². The Kier molecular flexibility index (Phi) is 5.04. The number of hydrogen-bond acceptors (Lipinski definition) is 2. The molecule has 0 saturated heterocycles. The van der Waals surface area contributed by atoms with Crippen LogP contribution in [0.2, 0.25) is 0 Å². The molecule has 3 aromatic rings. The van der Waals surface area contributed by atoms with Crippen molar-refractivity contribution in [3.05, 3.63) is 106 Å². The summed E-state index contributed by atoms with van der Waals surface area (Å²) in [6.45, 7) is 0. The lowest BCUT2D eigenvalue weighted by Gasteiger charge is -2.38. The van der Waals surface area contributed by atoms with Gasteiger partial charge in [-0.25, -0.2) is 0 Å². The highest BCUT2D eigenvalue weighted by Gasteiger charge is 2.37. The summed E-state index contributed by atoms with van der Waals surface area (Å²) in [4.78, 5) is 1.33. The minimum atomic E-state index is 0.356. The summed E-state index contributed by atoms with van der Waals surface area (Å²) in [5.41, 5.74) is 5.50. The Balaban J connectivity index is 1.42. The molecule has 0 spiro atoms. The second-order valence-corrected chi connectivity index (χ2v) is 9.52. The highest BCUT2D eigenvalue weighted by molar-refractivity contribution is 9.10. The van der Waals surface area contributed by atoms with Gasteiger partial charge in [-0.1, -0.05) is 70.5 Å². The predicted molar refractivity (Wildman–Crippen MR) is 123 cm³/mol. The van der Waals surface area contributed by atoms with Crippen molar-refractivity contribution < 1.29 is 0 Å². The second kappa shape index (κ2) is 7.81. The second-order valence-electron chi connectivity index (χ2n) is 7.55. The van der Waals surface area contributed by atoms with Crippen LogP contribution in [0.1, 0.15) is 35.1 Å². The number of hydrogen-bond donors (Lipinski definition) is 1. The van der Waals surface area contributed by atoms with Crippen molar-refractivity contribution in [2.45, 2.75) is 29.0 Å². The number of thioether (sulfide) groups is 1. The molecule has 0 amide bonds. The third-order valence-corrected chi connectivity index (χ3v) is 7.36. The van der Waals surface area contributed by atoms with Crippen molar-refractivity contribution >= 4 is 33.4 Å². The van der Waals surface area contributed by atoms with Gasteiger partial charge in [-0.2, -0.15) is 0 Å². The van der Waals surface area contributed by atoms with Gasteiger partial charge in [0.05, 0.1) is 6.04 Å². The highest BCUT2D eigenvalue weighted by atomic mass is 79.9. The smallest absolute Gasteiger partial charge is 0.0554 e. The van der Waals surface area contributed by atoms with Crippen molar-refractivity contribution in [1.82, 2.24) is 0 Å². The number of rotatable bonds is 4. The van der Waals surface area contributed by atoms with Crippen LogP contribution in [0, 0.1) is 5.92 Å². The fourth-order valence-corrected chi connectivity index (χ4v) is 5.73. The largest absolute Gasteiger partial charge is 0.378 e. The molecule has 1 aliphatic heterocycles. The SMILES string of the molecule is Brc1cccc([C@@H]2Nc3ccc(CSc4ccccc4)cc3[C@H]3C=CC[C@@H]32)c1. The van der Waals surface area contributed by atoms with Crippen molar-refractivity contribution in [2.75, 3.05) is 5.32 Å². The molecule has 1 aliphatic carbocycles. The van der Waals surface area contributed by atoms with E-state index in [2.05, 4.69) is 106 Å². The van der Waals surface area contributed by atoms with Crippen LogP contribution in [-0.4, -0.2) is 0 Å². The van der Waals surface area contributed by atoms with E-state index in [4.69, 9.17) is 0 Å². The van der Waals surface area contributed by atoms with Crippen molar-refractivity contribution in [1.29, 1.82) is 0 Å². The van der Waals surface area contributed by atoms with Crippen LogP contribution in [0.25, 0.3) is 0 Å². The summed E-state index contributed by atoms with van der Waals surface area (Å²) in [5, 5.41) is 3.85. The minimum Gasteiger partial charge on any atom is -0.378 e. The van der Waals surface area contributed by atoms with E-state index in [1.807, 2.05) is 11.8 Å². The number of fused-ring (bicyclic) bond motifs is 3. The molecule has 0 unspecified atom stereocenters. The van der Waals surface area contributed by atoms with Gasteiger partial charge in [-0.15, -0.1) is 11.8 Å². The molecule has 0 radical (unpaired) electrons. The third-order valence-electron chi connectivity index (χ3n) is 5.78. The molecule has 140 valence electrons. The Labute approximate surface area is 179 Å². The van der Waals surface area contributed by atoms with Crippen LogP contribution in [0.3, 0.4) is 0 Å². The van der Waals surface area contributed by atoms with Crippen LogP contribution in [0.5, 0.6) is 0 Å². The Morgan fingerprint density at radius 2 is 1.86 bits per heavy atom. The molecule has 5 rings (SSSR count). The summed E-state index contributed by atoms with van der Waals surface area (Å²) in [6, 6.07) is 26.7. The maximum atomic E-state index is 3.85. The molecule has 3 atom stereocenters. The van der Waals surface area contributed by atoms with Gasteiger partial charge in [0.1, 0.15) is 0 Å². The number of halogens is 1. The lowest BCUT2D eigenvalue weighted by molar-refractivity contribution is 0.425. The van der Waals surface area contributed by atoms with Crippen molar-refractivity contribution in [3.63, 3.8) is 0 Å². The van der Waals surface area contributed by atoms with E-state index in [-0.39, 0.29) is 0 Å². The molecule has 0 saturated carbocycles. The number of allylic oxidation sites excluding steroid dienone is 2. The maximum absolute atomic E-state index is 3.85. The molecule has 28 heavy (non-hydrogen) atoms. The van der Waals surface area contributed by atoms with E-state index < -0.39 is 0 Å². The molecule has 0 fully saturated rings. The first-order chi connectivity index (χ1) is 13.8. The van der Waals surface area contributed by atoms with Gasteiger partial charge in [0.25, 0.3) is 0 Å². The maximum Gasteiger partial charge on any atom is 0.0554 e. The molecule has 1 nitrogen and oxygen atoms in total. The molecule has 3 aromatic carbocycles. The van der Waals surface area contributed by atoms with Gasteiger partial charge in [-0.3, -0.25) is 0 Å². The average molecular weight is 448 g/mol. The van der Waals surface area contributed by atoms with Gasteiger partial charge >= 0.3 is 0 Å². The Bertz CT molecular complexity index is 1010. The van der Waals surface area contributed by atoms with E-state index in [0.717, 1.165) is 16.6 Å². The topological polar surface area (TPSA) is 12.0 Å². The average Bonchev–Trinajstić information content (AvgIpc) is 3.23. The number of benzene rings is 3. The van der Waals surface area contributed by atoms with Gasteiger partial charge in [0.2, 0.25) is 0 Å². The zero-order chi connectivity index (χ0) is 18.9. The number of nitrogens with one attached hydrogen (secondary N) is 1. The van der Waals surface area contributed by atoms with E-state index in [0.29, 0.717) is 17.9 Å². The quantitative estimate of drug-likeness (QED) is 0.326. The summed E-state index contributed by atoms with van der Waals surface area (Å²) in [5.74, 6) is 2.09. The predicted octanol–water partition coefficient (Wildman–Crippen LogP) is 7.57. The van der Waals surface area contributed by atoms with Gasteiger partial charge in [0.15, 0.2) is 0 Å². The molecule has 0 bridgehead atoms. The summed E-state index contributed by atoms with van der Waals surface area (Å²) in [7, 11) is 0. The van der Waals surface area contributed by atoms with Crippen molar-refractivity contribution in [2.24, 2.45) is 5.92 Å². The zero-order valence-corrected chi connectivity index (χ0v) is 17.9. The highest BCUT2D eigenvalue weighted by Crippen LogP contribution is 2.50. The van der Waals surface area contributed by atoms with Crippen LogP contribution in [0.15, 0.2) is 94.3 Å². The molecule has 3 heteroatoms. The van der Waals surface area contributed by atoms with E-state index in [1.165, 1.54) is 27.3 Å². The molecule has 2 aliphatic rings. The van der Waals surface area contributed by atoms with Crippen LogP contribution in [0.4, 0.5) is 5.69 Å². The minimum absolute atomic E-state index is 0.356. The lowest BCUT2D eigenvalue weighted by atomic mass is 9.77. The fourth-order valence-electron chi connectivity index (χ4n) is 4.45. The Morgan fingerprint density at radius 3 is 2.71 bits per heavy atom. The van der Waals surface area contributed by atoms with Crippen LogP contribution in [-0.2, 0) is 5.75 Å². The zero-order valence-electron chi connectivity index (χ0n) is 15.5. The first-order valence-corrected chi connectivity index (χ1v) is 11.5. The summed E-state index contributed by atoms with van der Waals surface area (Å²) >= 11 is 5.54. The van der Waals surface area contributed by atoms with E-state index in [9.17, 15) is 0 Å². The van der Waals surface area contributed by atoms with E-state index in [1.54, 1.807) is 0 Å². The van der Waals surface area contributed by atoms with E-state index >= 15 is 0 Å². The number of anilines is 1. The molecule has 0 aromatic heterocycles. The lowest BCUT2D eigenvalue weighted by Crippen LogP contribution is -2.29. The molecule has 1 heterocycles. The summed E-state index contributed by atoms with van der Waals surface area (Å²) < 4.78 is 1.15. The van der Waals surface area contributed by atoms with Gasteiger partial charge < -0.3 is 5.32 Å². The molecular formula is C25H22BrNS. The standard InChI is InChI=1S/C25H22BrNS/c26-19-7-4-6-18(15-19)25-22-11-5-10-21(22)23-14-17(12-13-24(23)27-25)16-28-20-8-2-1-3-9-20/h1-10,12-15,21-22,25,27H,11,16H2/t21-,22-,25-/m0/s1. The molecule has 1 N–H and O–H groups in total. The third kappa shape index (κ3) is 3.54. The first kappa shape index (κ1) is 18.1. The first-order valence-electron chi connectivity index (χ1n) is 9.77. The van der Waals surface area contributed by atoms with Gasteiger partial charge in [-0.05, 0) is 59.4 Å². The van der Waals surface area contributed by atoms with Crippen LogP contribution >= 0.6 is 27.7 Å². The fraction of sp³-hybridized carbons (Fsp3) is 0.200.